The van der Waals surface area contributed by atoms with E-state index in [0.29, 0.717) is 11.7 Å². The summed E-state index contributed by atoms with van der Waals surface area (Å²) in [7, 11) is 0. The van der Waals surface area contributed by atoms with Gasteiger partial charge >= 0.3 is 0 Å². The molecule has 0 unspecified atom stereocenters. The molecule has 5 nitrogen and oxygen atoms in total. The van der Waals surface area contributed by atoms with Crippen LogP contribution in [0.1, 0.15) is 5.56 Å². The van der Waals surface area contributed by atoms with Crippen LogP contribution in [0.4, 0.5) is 10.1 Å². The highest BCUT2D eigenvalue weighted by molar-refractivity contribution is 7.99. The molecule has 1 amide bonds. The van der Waals surface area contributed by atoms with Crippen LogP contribution < -0.4 is 5.32 Å². The van der Waals surface area contributed by atoms with Crippen LogP contribution >= 0.6 is 34.7 Å². The number of halogens is 2. The molecule has 2 heterocycles. The van der Waals surface area contributed by atoms with Gasteiger partial charge in [-0.05, 0) is 35.2 Å². The number of nitrogens with one attached hydrogen (secondary N) is 1. The molecule has 0 saturated carbocycles. The summed E-state index contributed by atoms with van der Waals surface area (Å²) < 4.78 is 15.9. The van der Waals surface area contributed by atoms with E-state index in [9.17, 15) is 9.18 Å². The number of nitrogens with zero attached hydrogens (tertiary/aromatic N) is 3. The van der Waals surface area contributed by atoms with E-state index >= 15 is 0 Å². The zero-order chi connectivity index (χ0) is 20.9. The minimum Gasteiger partial charge on any atom is -0.323 e. The molecule has 0 aliphatic carbocycles. The van der Waals surface area contributed by atoms with Crippen LogP contribution in [0.2, 0.25) is 5.02 Å². The lowest BCUT2D eigenvalue weighted by Gasteiger charge is -2.10. The van der Waals surface area contributed by atoms with E-state index in [-0.39, 0.29) is 22.4 Å². The Balaban J connectivity index is 1.51. The minimum atomic E-state index is -0.576. The molecule has 0 atom stereocenters. The van der Waals surface area contributed by atoms with Gasteiger partial charge in [0, 0.05) is 5.02 Å². The van der Waals surface area contributed by atoms with Gasteiger partial charge in [-0.2, -0.15) is 0 Å². The molecule has 0 aliphatic rings. The number of benzene rings is 2. The second kappa shape index (κ2) is 9.42. The fraction of sp³-hybridized carbons (Fsp3) is 0.0952. The molecule has 30 heavy (non-hydrogen) atoms. The van der Waals surface area contributed by atoms with E-state index in [0.717, 1.165) is 22.3 Å². The molecule has 0 aliphatic heterocycles. The lowest BCUT2D eigenvalue weighted by atomic mass is 10.2. The van der Waals surface area contributed by atoms with Gasteiger partial charge in [-0.1, -0.05) is 59.8 Å². The smallest absolute Gasteiger partial charge is 0.234 e. The predicted molar refractivity (Wildman–Crippen MR) is 120 cm³/mol. The van der Waals surface area contributed by atoms with Gasteiger partial charge in [0.1, 0.15) is 5.82 Å². The van der Waals surface area contributed by atoms with Crippen molar-refractivity contribution in [3.63, 3.8) is 0 Å². The molecule has 0 radical (unpaired) electrons. The fourth-order valence-electron chi connectivity index (χ4n) is 2.80. The van der Waals surface area contributed by atoms with Gasteiger partial charge < -0.3 is 5.32 Å². The summed E-state index contributed by atoms with van der Waals surface area (Å²) in [6, 6.07) is 18.1. The van der Waals surface area contributed by atoms with Crippen LogP contribution in [-0.4, -0.2) is 26.4 Å². The lowest BCUT2D eigenvalue weighted by Crippen LogP contribution is -2.15. The van der Waals surface area contributed by atoms with E-state index < -0.39 is 5.82 Å². The average molecular weight is 459 g/mol. The highest BCUT2D eigenvalue weighted by Gasteiger charge is 2.17. The van der Waals surface area contributed by atoms with Crippen LogP contribution in [-0.2, 0) is 11.3 Å². The zero-order valence-corrected chi connectivity index (χ0v) is 18.0. The van der Waals surface area contributed by atoms with Gasteiger partial charge in [-0.15, -0.1) is 21.5 Å². The van der Waals surface area contributed by atoms with Crippen LogP contribution in [0.25, 0.3) is 10.7 Å². The molecule has 2 aromatic carbocycles. The third-order valence-corrected chi connectivity index (χ3v) is 6.25. The summed E-state index contributed by atoms with van der Waals surface area (Å²) in [5.74, 6) is -0.0962. The van der Waals surface area contributed by atoms with Crippen LogP contribution in [0, 0.1) is 5.82 Å². The van der Waals surface area contributed by atoms with Gasteiger partial charge in [0.2, 0.25) is 5.91 Å². The maximum absolute atomic E-state index is 13.9. The quantitative estimate of drug-likeness (QED) is 0.367. The fourth-order valence-corrected chi connectivity index (χ4v) is 4.41. The molecule has 1 N–H and O–H groups in total. The molecule has 4 aromatic rings. The molecule has 9 heteroatoms. The van der Waals surface area contributed by atoms with Crippen molar-refractivity contribution in [3.05, 3.63) is 82.4 Å². The Morgan fingerprint density at radius 3 is 2.70 bits per heavy atom. The van der Waals surface area contributed by atoms with Crippen LogP contribution in [0.3, 0.4) is 0 Å². The van der Waals surface area contributed by atoms with Gasteiger partial charge in [0.25, 0.3) is 0 Å². The van der Waals surface area contributed by atoms with Gasteiger partial charge in [0.05, 0.1) is 22.9 Å². The first-order valence-corrected chi connectivity index (χ1v) is 11.2. The molecular formula is C21H16ClFN4OS2. The summed E-state index contributed by atoms with van der Waals surface area (Å²) in [4.78, 5) is 13.3. The van der Waals surface area contributed by atoms with Crippen LogP contribution in [0.15, 0.2) is 71.2 Å². The third-order valence-electron chi connectivity index (χ3n) is 4.18. The number of aromatic nitrogens is 3. The molecule has 152 valence electrons. The maximum Gasteiger partial charge on any atom is 0.234 e. The van der Waals surface area contributed by atoms with E-state index in [4.69, 9.17) is 11.6 Å². The highest BCUT2D eigenvalue weighted by atomic mass is 35.5. The number of carbonyl (C=O) groups excluding carboxylic acids is 1. The average Bonchev–Trinajstić information content (AvgIpc) is 3.39. The number of thiophene rings is 1. The van der Waals surface area contributed by atoms with Crippen molar-refractivity contribution in [3.8, 4) is 10.7 Å². The van der Waals surface area contributed by atoms with Crippen molar-refractivity contribution in [1.82, 2.24) is 14.8 Å². The molecule has 0 saturated heterocycles. The van der Waals surface area contributed by atoms with Crippen molar-refractivity contribution in [2.75, 3.05) is 11.1 Å². The third kappa shape index (κ3) is 4.89. The topological polar surface area (TPSA) is 59.8 Å². The first-order chi connectivity index (χ1) is 14.6. The molecule has 4 rings (SSSR count). The molecular weight excluding hydrogens is 443 g/mol. The first kappa shape index (κ1) is 20.6. The minimum absolute atomic E-state index is 0.0689. The summed E-state index contributed by atoms with van der Waals surface area (Å²) >= 11 is 8.58. The standard InChI is InChI=1S/C21H16ClFN4OS2/c22-15-8-9-17(16(23)11-15)24-19(28)13-30-21-26-25-20(18-7-4-10-29-18)27(21)12-14-5-2-1-3-6-14/h1-11H,12-13H2,(H,24,28). The zero-order valence-electron chi connectivity index (χ0n) is 15.6. The number of thioether (sulfide) groups is 1. The predicted octanol–water partition coefficient (Wildman–Crippen LogP) is 5.58. The Labute approximate surface area is 185 Å². The monoisotopic (exact) mass is 458 g/mol. The summed E-state index contributed by atoms with van der Waals surface area (Å²) in [5.41, 5.74) is 1.19. The normalized spacial score (nSPS) is 10.9. The molecule has 2 aromatic heterocycles. The van der Waals surface area contributed by atoms with Gasteiger partial charge in [-0.25, -0.2) is 4.39 Å². The van der Waals surface area contributed by atoms with Crippen LogP contribution in [0.5, 0.6) is 0 Å². The molecule has 0 bridgehead atoms. The maximum atomic E-state index is 13.9. The van der Waals surface area contributed by atoms with E-state index in [1.165, 1.54) is 23.9 Å². The SMILES string of the molecule is O=C(CSc1nnc(-c2cccs2)n1Cc1ccccc1)Nc1ccc(Cl)cc1F. The van der Waals surface area contributed by atoms with Gasteiger partial charge in [-0.3, -0.25) is 9.36 Å². The highest BCUT2D eigenvalue weighted by Crippen LogP contribution is 2.28. The van der Waals surface area contributed by atoms with Crippen molar-refractivity contribution < 1.29 is 9.18 Å². The Kier molecular flexibility index (Phi) is 6.47. The number of anilines is 1. The Hall–Kier alpha value is -2.68. The largest absolute Gasteiger partial charge is 0.323 e. The Bertz CT molecular complexity index is 1150. The number of amides is 1. The number of carbonyl (C=O) groups is 1. The van der Waals surface area contributed by atoms with E-state index in [2.05, 4.69) is 15.5 Å². The van der Waals surface area contributed by atoms with Gasteiger partial charge in [0.15, 0.2) is 11.0 Å². The Morgan fingerprint density at radius 1 is 1.13 bits per heavy atom. The number of hydrogen-bond donors (Lipinski definition) is 1. The molecule has 0 fully saturated rings. The summed E-state index contributed by atoms with van der Waals surface area (Å²) in [6.45, 7) is 0.580. The summed E-state index contributed by atoms with van der Waals surface area (Å²) in [5, 5.41) is 14.1. The summed E-state index contributed by atoms with van der Waals surface area (Å²) in [6.07, 6.45) is 0. The lowest BCUT2D eigenvalue weighted by molar-refractivity contribution is -0.113. The van der Waals surface area contributed by atoms with E-state index in [1.54, 1.807) is 11.3 Å². The second-order valence-corrected chi connectivity index (χ2v) is 8.64. The Morgan fingerprint density at radius 2 is 1.97 bits per heavy atom. The first-order valence-electron chi connectivity index (χ1n) is 8.99. The van der Waals surface area contributed by atoms with Crippen molar-refractivity contribution in [1.29, 1.82) is 0 Å². The van der Waals surface area contributed by atoms with E-state index in [1.807, 2.05) is 52.4 Å². The van der Waals surface area contributed by atoms with Crippen molar-refractivity contribution >= 4 is 46.3 Å². The number of rotatable bonds is 7. The number of hydrogen-bond acceptors (Lipinski definition) is 5. The van der Waals surface area contributed by atoms with Crippen molar-refractivity contribution in [2.24, 2.45) is 0 Å². The molecule has 0 spiro atoms. The second-order valence-electron chi connectivity index (χ2n) is 6.32. The van der Waals surface area contributed by atoms with Crippen molar-refractivity contribution in [2.45, 2.75) is 11.7 Å².